The highest BCUT2D eigenvalue weighted by atomic mass is 16.5. The minimum atomic E-state index is -1.19. The minimum Gasteiger partial charge on any atom is -0.438 e. The Bertz CT molecular complexity index is 1340. The van der Waals surface area contributed by atoms with E-state index in [2.05, 4.69) is 15.6 Å². The van der Waals surface area contributed by atoms with Gasteiger partial charge in [0.05, 0.1) is 0 Å². The molecule has 0 saturated carbocycles. The highest BCUT2D eigenvalue weighted by Crippen LogP contribution is 2.32. The molecule has 1 aromatic heterocycles. The average Bonchev–Trinajstić information content (AvgIpc) is 3.11. The van der Waals surface area contributed by atoms with E-state index in [4.69, 9.17) is 4.74 Å². The Hall–Kier alpha value is -4.71. The van der Waals surface area contributed by atoms with Gasteiger partial charge in [-0.1, -0.05) is 37.3 Å². The third-order valence-electron chi connectivity index (χ3n) is 5.85. The van der Waals surface area contributed by atoms with E-state index in [9.17, 15) is 19.6 Å². The summed E-state index contributed by atoms with van der Waals surface area (Å²) in [7, 11) is 0. The van der Waals surface area contributed by atoms with Gasteiger partial charge in [-0.15, -0.1) is 0 Å². The van der Waals surface area contributed by atoms with Crippen molar-refractivity contribution in [2.24, 2.45) is 0 Å². The molecule has 4 amide bonds. The van der Waals surface area contributed by atoms with Gasteiger partial charge in [0.15, 0.2) is 0 Å². The third kappa shape index (κ3) is 4.54. The van der Waals surface area contributed by atoms with Gasteiger partial charge < -0.3 is 15.4 Å². The van der Waals surface area contributed by atoms with Gasteiger partial charge in [0.25, 0.3) is 5.91 Å². The monoisotopic (exact) mass is 469 g/mol. The number of amides is 4. The number of nitrogens with zero attached hydrogens (tertiary/aromatic N) is 3. The SMILES string of the molecule is CCC1(c2ccccc2)NC(=O)N(CC(=O)Nc2ccc(Oc3ncccc3C#N)cc2C)C1=O. The second kappa shape index (κ2) is 9.65. The van der Waals surface area contributed by atoms with E-state index in [1.165, 1.54) is 6.20 Å². The summed E-state index contributed by atoms with van der Waals surface area (Å²) in [5, 5.41) is 14.7. The van der Waals surface area contributed by atoms with Crippen molar-refractivity contribution in [1.82, 2.24) is 15.2 Å². The number of pyridine rings is 1. The topological polar surface area (TPSA) is 124 Å². The molecule has 1 fully saturated rings. The zero-order chi connectivity index (χ0) is 25.0. The number of hydrogen-bond acceptors (Lipinski definition) is 6. The van der Waals surface area contributed by atoms with E-state index >= 15 is 0 Å². The number of imide groups is 1. The molecule has 2 N–H and O–H groups in total. The van der Waals surface area contributed by atoms with Crippen LogP contribution in [0.3, 0.4) is 0 Å². The fourth-order valence-electron chi connectivity index (χ4n) is 3.97. The Labute approximate surface area is 202 Å². The van der Waals surface area contributed by atoms with Gasteiger partial charge in [-0.3, -0.25) is 14.5 Å². The summed E-state index contributed by atoms with van der Waals surface area (Å²) in [4.78, 5) is 43.6. The molecule has 0 bridgehead atoms. The number of aromatic nitrogens is 1. The van der Waals surface area contributed by atoms with Crippen LogP contribution in [0.5, 0.6) is 11.6 Å². The molecule has 1 aliphatic rings. The lowest BCUT2D eigenvalue weighted by molar-refractivity contribution is -0.134. The molecule has 0 spiro atoms. The Morgan fingerprint density at radius 1 is 1.17 bits per heavy atom. The normalized spacial score (nSPS) is 17.0. The number of aryl methyl sites for hydroxylation is 1. The molecule has 176 valence electrons. The molecule has 35 heavy (non-hydrogen) atoms. The zero-order valence-electron chi connectivity index (χ0n) is 19.2. The van der Waals surface area contributed by atoms with Gasteiger partial charge in [-0.25, -0.2) is 9.78 Å². The highest BCUT2D eigenvalue weighted by molar-refractivity contribution is 6.10. The Kier molecular flexibility index (Phi) is 6.46. The summed E-state index contributed by atoms with van der Waals surface area (Å²) in [5.74, 6) is -0.347. The van der Waals surface area contributed by atoms with Gasteiger partial charge >= 0.3 is 6.03 Å². The van der Waals surface area contributed by atoms with Crippen LogP contribution in [0.15, 0.2) is 66.9 Å². The lowest BCUT2D eigenvalue weighted by Gasteiger charge is -2.25. The summed E-state index contributed by atoms with van der Waals surface area (Å²) in [6, 6.07) is 18.6. The second-order valence-corrected chi connectivity index (χ2v) is 8.04. The van der Waals surface area contributed by atoms with Crippen LogP contribution >= 0.6 is 0 Å². The molecule has 3 aromatic rings. The maximum atomic E-state index is 13.2. The molecule has 1 atom stereocenters. The Morgan fingerprint density at radius 3 is 2.63 bits per heavy atom. The lowest BCUT2D eigenvalue weighted by Crippen LogP contribution is -2.44. The van der Waals surface area contributed by atoms with Crippen LogP contribution < -0.4 is 15.4 Å². The molecular weight excluding hydrogens is 446 g/mol. The predicted octanol–water partition coefficient (Wildman–Crippen LogP) is 3.85. The molecule has 1 saturated heterocycles. The van der Waals surface area contributed by atoms with E-state index in [1.54, 1.807) is 61.5 Å². The smallest absolute Gasteiger partial charge is 0.325 e. The highest BCUT2D eigenvalue weighted by Gasteiger charge is 2.51. The Morgan fingerprint density at radius 2 is 1.94 bits per heavy atom. The molecule has 0 radical (unpaired) electrons. The van der Waals surface area contributed by atoms with Gasteiger partial charge in [0, 0.05) is 11.9 Å². The van der Waals surface area contributed by atoms with E-state index in [1.807, 2.05) is 19.1 Å². The maximum absolute atomic E-state index is 13.2. The first-order valence-electron chi connectivity index (χ1n) is 11.0. The van der Waals surface area contributed by atoms with Crippen molar-refractivity contribution in [2.75, 3.05) is 11.9 Å². The Balaban J connectivity index is 1.45. The molecule has 2 aromatic carbocycles. The predicted molar refractivity (Wildman–Crippen MR) is 127 cm³/mol. The number of urea groups is 1. The standard InChI is InChI=1S/C26H23N5O4/c1-3-26(19-9-5-4-6-10-19)24(33)31(25(34)30-26)16-22(32)29-21-12-11-20(14-17(21)2)35-23-18(15-27)8-7-13-28-23/h4-14H,3,16H2,1-2H3,(H,29,32)(H,30,34). The minimum absolute atomic E-state index is 0.183. The van der Waals surface area contributed by atoms with E-state index in [0.717, 1.165) is 4.90 Å². The number of nitrogens with one attached hydrogen (secondary N) is 2. The van der Waals surface area contributed by atoms with E-state index in [0.29, 0.717) is 34.5 Å². The number of benzene rings is 2. The van der Waals surface area contributed by atoms with Crippen molar-refractivity contribution >= 4 is 23.5 Å². The number of ether oxygens (including phenoxy) is 1. The van der Waals surface area contributed by atoms with Crippen molar-refractivity contribution in [3.63, 3.8) is 0 Å². The number of carbonyl (C=O) groups is 3. The quantitative estimate of drug-likeness (QED) is 0.507. The molecule has 9 nitrogen and oxygen atoms in total. The summed E-state index contributed by atoms with van der Waals surface area (Å²) in [5.41, 5.74) is 0.967. The molecule has 0 aliphatic carbocycles. The van der Waals surface area contributed by atoms with Crippen molar-refractivity contribution in [3.05, 3.63) is 83.6 Å². The van der Waals surface area contributed by atoms with Crippen LogP contribution in [-0.2, 0) is 15.1 Å². The van der Waals surface area contributed by atoms with Crippen molar-refractivity contribution in [1.29, 1.82) is 5.26 Å². The van der Waals surface area contributed by atoms with Crippen LogP contribution in [0.25, 0.3) is 0 Å². The van der Waals surface area contributed by atoms with Crippen molar-refractivity contribution in [2.45, 2.75) is 25.8 Å². The number of nitriles is 1. The van der Waals surface area contributed by atoms with Gasteiger partial charge in [0.1, 0.15) is 29.5 Å². The average molecular weight is 470 g/mol. The summed E-state index contributed by atoms with van der Waals surface area (Å²) >= 11 is 0. The molecule has 2 heterocycles. The van der Waals surface area contributed by atoms with Gasteiger partial charge in [0.2, 0.25) is 11.8 Å². The molecule has 1 aliphatic heterocycles. The molecule has 9 heteroatoms. The first kappa shape index (κ1) is 23.4. The van der Waals surface area contributed by atoms with Crippen molar-refractivity contribution < 1.29 is 19.1 Å². The first-order chi connectivity index (χ1) is 16.9. The first-order valence-corrected chi connectivity index (χ1v) is 11.0. The van der Waals surface area contributed by atoms with Gasteiger partial charge in [-0.05, 0) is 54.8 Å². The molecule has 1 unspecified atom stereocenters. The van der Waals surface area contributed by atoms with Crippen molar-refractivity contribution in [3.8, 4) is 17.7 Å². The number of anilines is 1. The van der Waals surface area contributed by atoms with Crippen LogP contribution in [0.4, 0.5) is 10.5 Å². The summed E-state index contributed by atoms with van der Waals surface area (Å²) < 4.78 is 5.70. The van der Waals surface area contributed by atoms with Crippen LogP contribution in [0.1, 0.15) is 30.0 Å². The van der Waals surface area contributed by atoms with Crippen LogP contribution in [0.2, 0.25) is 0 Å². The third-order valence-corrected chi connectivity index (χ3v) is 5.85. The fourth-order valence-corrected chi connectivity index (χ4v) is 3.97. The number of hydrogen-bond donors (Lipinski definition) is 2. The zero-order valence-corrected chi connectivity index (χ0v) is 19.2. The van der Waals surface area contributed by atoms with Gasteiger partial charge in [-0.2, -0.15) is 5.26 Å². The van der Waals surface area contributed by atoms with E-state index in [-0.39, 0.29) is 5.88 Å². The molecule has 4 rings (SSSR count). The van der Waals surface area contributed by atoms with E-state index < -0.39 is 29.9 Å². The molecular formula is C26H23N5O4. The lowest BCUT2D eigenvalue weighted by atomic mass is 9.87. The van der Waals surface area contributed by atoms with Crippen LogP contribution in [0, 0.1) is 18.3 Å². The second-order valence-electron chi connectivity index (χ2n) is 8.04. The number of rotatable bonds is 7. The van der Waals surface area contributed by atoms with Crippen LogP contribution in [-0.4, -0.2) is 34.3 Å². The fraction of sp³-hybridized carbons (Fsp3) is 0.192. The largest absolute Gasteiger partial charge is 0.438 e. The maximum Gasteiger partial charge on any atom is 0.325 e. The number of carbonyl (C=O) groups excluding carboxylic acids is 3. The summed E-state index contributed by atoms with van der Waals surface area (Å²) in [6.07, 6.45) is 1.88. The summed E-state index contributed by atoms with van der Waals surface area (Å²) in [6.45, 7) is 3.17.